The largest absolute Gasteiger partial charge is 0.350 e. The van der Waals surface area contributed by atoms with Crippen molar-refractivity contribution in [2.24, 2.45) is 5.92 Å². The highest BCUT2D eigenvalue weighted by molar-refractivity contribution is 5.79. The topological polar surface area (TPSA) is 64.7 Å². The quantitative estimate of drug-likeness (QED) is 0.742. The average molecular weight is 417 g/mol. The first-order chi connectivity index (χ1) is 14.0. The number of hydrogen-bond donors (Lipinski definition) is 2. The van der Waals surface area contributed by atoms with Gasteiger partial charge >= 0.3 is 6.03 Å². The zero-order valence-corrected chi connectivity index (χ0v) is 19.8. The minimum atomic E-state index is -0.224. The minimum Gasteiger partial charge on any atom is -0.350 e. The highest BCUT2D eigenvalue weighted by Crippen LogP contribution is 2.24. The van der Waals surface area contributed by atoms with Crippen LogP contribution in [-0.4, -0.2) is 60.0 Å². The van der Waals surface area contributed by atoms with Crippen molar-refractivity contribution in [3.8, 4) is 0 Å². The Kier molecular flexibility index (Phi) is 8.30. The van der Waals surface area contributed by atoms with Crippen LogP contribution in [0.15, 0.2) is 24.3 Å². The molecule has 1 aliphatic heterocycles. The molecular formula is C24H40N4O2. The predicted octanol–water partition coefficient (Wildman–Crippen LogP) is 3.75. The molecule has 0 spiro atoms. The van der Waals surface area contributed by atoms with E-state index in [9.17, 15) is 9.59 Å². The molecule has 0 saturated carbocycles. The van der Waals surface area contributed by atoms with E-state index >= 15 is 0 Å². The van der Waals surface area contributed by atoms with Crippen molar-refractivity contribution in [1.82, 2.24) is 20.4 Å². The van der Waals surface area contributed by atoms with Crippen LogP contribution >= 0.6 is 0 Å². The Morgan fingerprint density at radius 1 is 0.933 bits per heavy atom. The number of carbonyl (C=O) groups is 2. The molecule has 0 aliphatic carbocycles. The molecular weight excluding hydrogens is 376 g/mol. The molecule has 168 valence electrons. The number of nitrogens with zero attached hydrogens (tertiary/aromatic N) is 2. The van der Waals surface area contributed by atoms with E-state index in [1.165, 1.54) is 5.56 Å². The molecule has 1 atom stereocenters. The monoisotopic (exact) mass is 416 g/mol. The van der Waals surface area contributed by atoms with Gasteiger partial charge in [-0.05, 0) is 43.7 Å². The molecule has 30 heavy (non-hydrogen) atoms. The van der Waals surface area contributed by atoms with E-state index in [4.69, 9.17) is 0 Å². The summed E-state index contributed by atoms with van der Waals surface area (Å²) in [5.41, 5.74) is 2.22. The Balaban J connectivity index is 1.89. The van der Waals surface area contributed by atoms with Gasteiger partial charge in [-0.3, -0.25) is 9.69 Å². The first kappa shape index (κ1) is 24.2. The molecule has 1 fully saturated rings. The summed E-state index contributed by atoms with van der Waals surface area (Å²) in [7, 11) is 0. The fraction of sp³-hybridized carbons (Fsp3) is 0.667. The first-order valence-electron chi connectivity index (χ1n) is 11.1. The molecule has 1 saturated heterocycles. The predicted molar refractivity (Wildman–Crippen MR) is 123 cm³/mol. The van der Waals surface area contributed by atoms with Gasteiger partial charge in [0.05, 0.1) is 12.6 Å². The molecule has 1 unspecified atom stereocenters. The van der Waals surface area contributed by atoms with Crippen molar-refractivity contribution < 1.29 is 9.59 Å². The normalized spacial score (nSPS) is 16.6. The first-order valence-corrected chi connectivity index (χ1v) is 11.1. The summed E-state index contributed by atoms with van der Waals surface area (Å²) in [5, 5.41) is 6.22. The van der Waals surface area contributed by atoms with Crippen LogP contribution in [0.2, 0.25) is 0 Å². The standard InChI is InChI=1S/C24H40N4O2/c1-17(2)19-8-10-20(11-9-19)22(18(3)4)25-23(30)28-14-12-27(13-15-28)16-21(29)26-24(5,6)7/h8-11,17-18,22H,12-16H2,1-7H3,(H,25,30)(H,26,29). The highest BCUT2D eigenvalue weighted by Gasteiger charge is 2.26. The third-order valence-electron chi connectivity index (χ3n) is 5.45. The van der Waals surface area contributed by atoms with E-state index < -0.39 is 0 Å². The summed E-state index contributed by atoms with van der Waals surface area (Å²) in [6, 6.07) is 8.53. The SMILES string of the molecule is CC(C)c1ccc(C(NC(=O)N2CCN(CC(=O)NC(C)(C)C)CC2)C(C)C)cc1. The molecule has 6 heteroatoms. The van der Waals surface area contributed by atoms with E-state index in [1.54, 1.807) is 0 Å². The number of carbonyl (C=O) groups excluding carboxylic acids is 2. The van der Waals surface area contributed by atoms with Gasteiger partial charge in [-0.2, -0.15) is 0 Å². The van der Waals surface area contributed by atoms with Crippen molar-refractivity contribution in [1.29, 1.82) is 0 Å². The maximum Gasteiger partial charge on any atom is 0.317 e. The van der Waals surface area contributed by atoms with Crippen molar-refractivity contribution in [3.63, 3.8) is 0 Å². The van der Waals surface area contributed by atoms with Crippen molar-refractivity contribution in [3.05, 3.63) is 35.4 Å². The van der Waals surface area contributed by atoms with Gasteiger partial charge in [-0.1, -0.05) is 52.0 Å². The van der Waals surface area contributed by atoms with Gasteiger partial charge in [-0.25, -0.2) is 4.79 Å². The molecule has 2 N–H and O–H groups in total. The van der Waals surface area contributed by atoms with Gasteiger partial charge in [0, 0.05) is 31.7 Å². The molecule has 6 nitrogen and oxygen atoms in total. The van der Waals surface area contributed by atoms with Gasteiger partial charge < -0.3 is 15.5 Å². The Bertz CT molecular complexity index is 699. The zero-order valence-electron chi connectivity index (χ0n) is 19.8. The molecule has 0 bridgehead atoms. The summed E-state index contributed by atoms with van der Waals surface area (Å²) in [5.74, 6) is 0.819. The molecule has 0 radical (unpaired) electrons. The maximum atomic E-state index is 12.9. The second kappa shape index (κ2) is 10.3. The van der Waals surface area contributed by atoms with E-state index in [0.717, 1.165) is 5.56 Å². The van der Waals surface area contributed by atoms with Crippen molar-refractivity contribution in [2.75, 3.05) is 32.7 Å². The lowest BCUT2D eigenvalue weighted by Crippen LogP contribution is -2.55. The van der Waals surface area contributed by atoms with Crippen LogP contribution in [0.3, 0.4) is 0 Å². The van der Waals surface area contributed by atoms with Crippen molar-refractivity contribution >= 4 is 11.9 Å². The maximum absolute atomic E-state index is 12.9. The van der Waals surface area contributed by atoms with E-state index in [0.29, 0.717) is 44.6 Å². The molecule has 1 aromatic carbocycles. The van der Waals surface area contributed by atoms with Gasteiger partial charge in [0.2, 0.25) is 5.91 Å². The summed E-state index contributed by atoms with van der Waals surface area (Å²) in [4.78, 5) is 29.0. The number of rotatable bonds is 6. The van der Waals surface area contributed by atoms with Crippen LogP contribution in [0.5, 0.6) is 0 Å². The van der Waals surface area contributed by atoms with E-state index in [1.807, 2.05) is 25.7 Å². The van der Waals surface area contributed by atoms with Gasteiger partial charge in [0.1, 0.15) is 0 Å². The lowest BCUT2D eigenvalue weighted by molar-refractivity contribution is -0.124. The Hall–Kier alpha value is -2.08. The van der Waals surface area contributed by atoms with Crippen LogP contribution in [0.1, 0.15) is 71.6 Å². The van der Waals surface area contributed by atoms with Crippen LogP contribution < -0.4 is 10.6 Å². The molecule has 2 rings (SSSR count). The summed E-state index contributed by atoms with van der Waals surface area (Å²) >= 11 is 0. The van der Waals surface area contributed by atoms with Crippen LogP contribution in [-0.2, 0) is 4.79 Å². The Labute approximate surface area is 182 Å². The van der Waals surface area contributed by atoms with Crippen molar-refractivity contribution in [2.45, 2.75) is 66.0 Å². The highest BCUT2D eigenvalue weighted by atomic mass is 16.2. The average Bonchev–Trinajstić information content (AvgIpc) is 2.64. The van der Waals surface area contributed by atoms with Gasteiger partial charge in [0.15, 0.2) is 0 Å². The number of urea groups is 1. The number of amides is 3. The second-order valence-electron chi connectivity index (χ2n) is 10.1. The number of nitrogens with one attached hydrogen (secondary N) is 2. The smallest absolute Gasteiger partial charge is 0.317 e. The molecule has 3 amide bonds. The molecule has 1 heterocycles. The number of hydrogen-bond acceptors (Lipinski definition) is 3. The van der Waals surface area contributed by atoms with Crippen LogP contribution in [0, 0.1) is 5.92 Å². The molecule has 0 aromatic heterocycles. The van der Waals surface area contributed by atoms with E-state index in [-0.39, 0.29) is 23.5 Å². The molecule has 1 aromatic rings. The second-order valence-corrected chi connectivity index (χ2v) is 10.1. The third kappa shape index (κ3) is 7.31. The van der Waals surface area contributed by atoms with Crippen LogP contribution in [0.25, 0.3) is 0 Å². The fourth-order valence-electron chi connectivity index (χ4n) is 3.72. The lowest BCUT2D eigenvalue weighted by atomic mass is 9.93. The lowest BCUT2D eigenvalue weighted by Gasteiger charge is -2.36. The van der Waals surface area contributed by atoms with Crippen LogP contribution in [0.4, 0.5) is 4.79 Å². The summed E-state index contributed by atoms with van der Waals surface area (Å²) in [6.07, 6.45) is 0. The number of benzene rings is 1. The zero-order chi connectivity index (χ0) is 22.5. The Morgan fingerprint density at radius 2 is 1.47 bits per heavy atom. The van der Waals surface area contributed by atoms with Gasteiger partial charge in [0.25, 0.3) is 0 Å². The van der Waals surface area contributed by atoms with E-state index in [2.05, 4.69) is 67.5 Å². The number of piperazine rings is 1. The van der Waals surface area contributed by atoms with Gasteiger partial charge in [-0.15, -0.1) is 0 Å². The fourth-order valence-corrected chi connectivity index (χ4v) is 3.72. The summed E-state index contributed by atoms with van der Waals surface area (Å²) < 4.78 is 0. The summed E-state index contributed by atoms with van der Waals surface area (Å²) in [6.45, 7) is 17.6. The molecule has 1 aliphatic rings. The minimum absolute atomic E-state index is 0.0192. The Morgan fingerprint density at radius 3 is 1.93 bits per heavy atom. The third-order valence-corrected chi connectivity index (χ3v) is 5.45.